The summed E-state index contributed by atoms with van der Waals surface area (Å²) in [5.41, 5.74) is 5.95. The van der Waals surface area contributed by atoms with E-state index in [2.05, 4.69) is 23.6 Å². The molecule has 1 fully saturated rings. The van der Waals surface area contributed by atoms with Crippen molar-refractivity contribution in [2.45, 2.75) is 77.7 Å². The number of likely N-dealkylation sites (tertiary alicyclic amines) is 1. The Hall–Kier alpha value is -0.120. The topological polar surface area (TPSA) is 32.5 Å². The van der Waals surface area contributed by atoms with E-state index in [1.54, 1.807) is 0 Å². The zero-order chi connectivity index (χ0) is 15.3. The lowest BCUT2D eigenvalue weighted by molar-refractivity contribution is 0.206. The van der Waals surface area contributed by atoms with Gasteiger partial charge in [0.1, 0.15) is 0 Å². The fraction of sp³-hybridized carbons (Fsp3) is 1.00. The van der Waals surface area contributed by atoms with E-state index >= 15 is 0 Å². The molecule has 0 unspecified atom stereocenters. The highest BCUT2D eigenvalue weighted by Gasteiger charge is 2.15. The van der Waals surface area contributed by atoms with Crippen molar-refractivity contribution in [1.29, 1.82) is 0 Å². The molecule has 1 saturated heterocycles. The smallest absolute Gasteiger partial charge is 0.00631 e. The third kappa shape index (κ3) is 9.49. The molecule has 21 heavy (non-hydrogen) atoms. The largest absolute Gasteiger partial charge is 0.328 e. The van der Waals surface area contributed by atoms with Crippen LogP contribution >= 0.6 is 0 Å². The first-order chi connectivity index (χ1) is 10.3. The summed E-state index contributed by atoms with van der Waals surface area (Å²) in [5.74, 6) is 0. The second-order valence-corrected chi connectivity index (χ2v) is 6.79. The summed E-state index contributed by atoms with van der Waals surface area (Å²) in [6.45, 7) is 12.2. The molecular weight excluding hydrogens is 258 g/mol. The summed E-state index contributed by atoms with van der Waals surface area (Å²) in [4.78, 5) is 5.29. The first kappa shape index (κ1) is 18.9. The lowest BCUT2D eigenvalue weighted by Crippen LogP contribution is -2.40. The molecule has 0 aliphatic carbocycles. The van der Waals surface area contributed by atoms with E-state index in [9.17, 15) is 0 Å². The molecule has 0 aromatic carbocycles. The van der Waals surface area contributed by atoms with Gasteiger partial charge in [-0.2, -0.15) is 0 Å². The molecular formula is C18H39N3. The van der Waals surface area contributed by atoms with Gasteiger partial charge in [0, 0.05) is 6.04 Å². The summed E-state index contributed by atoms with van der Waals surface area (Å²) in [6.07, 6.45) is 11.9. The lowest BCUT2D eigenvalue weighted by Gasteiger charge is -2.30. The number of nitrogens with two attached hydrogens (primary N) is 1. The van der Waals surface area contributed by atoms with E-state index in [4.69, 9.17) is 5.73 Å². The van der Waals surface area contributed by atoms with Crippen molar-refractivity contribution in [2.75, 3.05) is 39.3 Å². The second-order valence-electron chi connectivity index (χ2n) is 6.79. The first-order valence-corrected chi connectivity index (χ1v) is 9.46. The van der Waals surface area contributed by atoms with Crippen molar-refractivity contribution in [1.82, 2.24) is 9.80 Å². The average Bonchev–Trinajstić information content (AvgIpc) is 2.50. The highest BCUT2D eigenvalue weighted by atomic mass is 15.1. The Labute approximate surface area is 133 Å². The lowest BCUT2D eigenvalue weighted by atomic mass is 10.1. The molecule has 0 aromatic rings. The quantitative estimate of drug-likeness (QED) is 0.560. The van der Waals surface area contributed by atoms with Crippen LogP contribution in [0.15, 0.2) is 0 Å². The molecule has 1 rings (SSSR count). The molecule has 0 amide bonds. The zero-order valence-electron chi connectivity index (χ0n) is 14.7. The van der Waals surface area contributed by atoms with Gasteiger partial charge in [0.05, 0.1) is 0 Å². The van der Waals surface area contributed by atoms with Gasteiger partial charge in [-0.25, -0.2) is 0 Å². The van der Waals surface area contributed by atoms with Crippen molar-refractivity contribution in [3.63, 3.8) is 0 Å². The fourth-order valence-corrected chi connectivity index (χ4v) is 3.12. The van der Waals surface area contributed by atoms with E-state index in [1.807, 2.05) is 0 Å². The normalized spacial score (nSPS) is 17.7. The molecule has 1 aliphatic heterocycles. The minimum absolute atomic E-state index is 0.465. The number of hydrogen-bond acceptors (Lipinski definition) is 3. The monoisotopic (exact) mass is 297 g/mol. The van der Waals surface area contributed by atoms with Crippen molar-refractivity contribution >= 4 is 0 Å². The van der Waals surface area contributed by atoms with Crippen LogP contribution in [0.1, 0.15) is 71.6 Å². The molecule has 3 heteroatoms. The Balaban J connectivity index is 2.01. The van der Waals surface area contributed by atoms with Crippen LogP contribution in [0.4, 0.5) is 0 Å². The summed E-state index contributed by atoms with van der Waals surface area (Å²) in [6, 6.07) is 0.465. The standard InChI is InChI=1S/C18H39N3/c1-3-5-12-20(13-6-4-2)14-8-7-9-15-21-16-10-18(19)11-17-21/h18H,3-17,19H2,1-2H3. The highest BCUT2D eigenvalue weighted by molar-refractivity contribution is 4.73. The maximum Gasteiger partial charge on any atom is 0.00631 e. The number of rotatable bonds is 12. The average molecular weight is 298 g/mol. The maximum absolute atomic E-state index is 5.95. The molecule has 0 bridgehead atoms. The van der Waals surface area contributed by atoms with Crippen LogP contribution in [0, 0.1) is 0 Å². The van der Waals surface area contributed by atoms with E-state index in [0.717, 1.165) is 0 Å². The fourth-order valence-electron chi connectivity index (χ4n) is 3.12. The highest BCUT2D eigenvalue weighted by Crippen LogP contribution is 2.10. The molecule has 126 valence electrons. The first-order valence-electron chi connectivity index (χ1n) is 9.46. The Bertz CT molecular complexity index is 217. The molecule has 1 heterocycles. The molecule has 0 aromatic heterocycles. The van der Waals surface area contributed by atoms with E-state index in [1.165, 1.54) is 97.1 Å². The number of piperidine rings is 1. The van der Waals surface area contributed by atoms with Crippen LogP contribution in [0.25, 0.3) is 0 Å². The van der Waals surface area contributed by atoms with Crippen LogP contribution in [0.5, 0.6) is 0 Å². The third-order valence-electron chi connectivity index (χ3n) is 4.74. The second kappa shape index (κ2) is 12.4. The van der Waals surface area contributed by atoms with Crippen LogP contribution in [-0.4, -0.2) is 55.1 Å². The molecule has 1 aliphatic rings. The summed E-state index contributed by atoms with van der Waals surface area (Å²) in [7, 11) is 0. The van der Waals surface area contributed by atoms with Gasteiger partial charge in [-0.3, -0.25) is 0 Å². The zero-order valence-corrected chi connectivity index (χ0v) is 14.7. The molecule has 0 atom stereocenters. The van der Waals surface area contributed by atoms with E-state index in [0.29, 0.717) is 6.04 Å². The van der Waals surface area contributed by atoms with Crippen molar-refractivity contribution in [3.8, 4) is 0 Å². The van der Waals surface area contributed by atoms with Crippen LogP contribution in [0.3, 0.4) is 0 Å². The number of unbranched alkanes of at least 4 members (excludes halogenated alkanes) is 4. The van der Waals surface area contributed by atoms with Gasteiger partial charge in [-0.15, -0.1) is 0 Å². The van der Waals surface area contributed by atoms with Gasteiger partial charge in [-0.05, 0) is 77.8 Å². The van der Waals surface area contributed by atoms with Gasteiger partial charge >= 0.3 is 0 Å². The number of nitrogens with zero attached hydrogens (tertiary/aromatic N) is 2. The van der Waals surface area contributed by atoms with Gasteiger partial charge < -0.3 is 15.5 Å². The SMILES string of the molecule is CCCCN(CCCC)CCCCCN1CCC(N)CC1. The Kier molecular flexibility index (Phi) is 11.2. The van der Waals surface area contributed by atoms with Crippen molar-refractivity contribution in [3.05, 3.63) is 0 Å². The summed E-state index contributed by atoms with van der Waals surface area (Å²) >= 11 is 0. The van der Waals surface area contributed by atoms with Crippen LogP contribution in [-0.2, 0) is 0 Å². The minimum atomic E-state index is 0.465. The van der Waals surface area contributed by atoms with Crippen molar-refractivity contribution < 1.29 is 0 Å². The van der Waals surface area contributed by atoms with E-state index < -0.39 is 0 Å². The Morgan fingerprint density at radius 2 is 1.43 bits per heavy atom. The molecule has 3 nitrogen and oxygen atoms in total. The Morgan fingerprint density at radius 1 is 0.857 bits per heavy atom. The van der Waals surface area contributed by atoms with Crippen LogP contribution < -0.4 is 5.73 Å². The summed E-state index contributed by atoms with van der Waals surface area (Å²) in [5, 5.41) is 0. The predicted molar refractivity (Wildman–Crippen MR) is 93.8 cm³/mol. The Morgan fingerprint density at radius 3 is 2.00 bits per heavy atom. The van der Waals surface area contributed by atoms with Gasteiger partial charge in [0.15, 0.2) is 0 Å². The molecule has 2 N–H and O–H groups in total. The molecule has 0 radical (unpaired) electrons. The van der Waals surface area contributed by atoms with Gasteiger partial charge in [-0.1, -0.05) is 33.1 Å². The van der Waals surface area contributed by atoms with Gasteiger partial charge in [0.25, 0.3) is 0 Å². The van der Waals surface area contributed by atoms with Gasteiger partial charge in [0.2, 0.25) is 0 Å². The maximum atomic E-state index is 5.95. The van der Waals surface area contributed by atoms with Crippen LogP contribution in [0.2, 0.25) is 0 Å². The van der Waals surface area contributed by atoms with E-state index in [-0.39, 0.29) is 0 Å². The number of hydrogen-bond donors (Lipinski definition) is 1. The molecule has 0 saturated carbocycles. The summed E-state index contributed by atoms with van der Waals surface area (Å²) < 4.78 is 0. The third-order valence-corrected chi connectivity index (χ3v) is 4.74. The minimum Gasteiger partial charge on any atom is -0.328 e. The van der Waals surface area contributed by atoms with Crippen molar-refractivity contribution in [2.24, 2.45) is 5.73 Å². The molecule has 0 spiro atoms. The predicted octanol–water partition coefficient (Wildman–Crippen LogP) is 3.48.